The van der Waals surface area contributed by atoms with Gasteiger partial charge in [0.2, 0.25) is 0 Å². The van der Waals surface area contributed by atoms with Gasteiger partial charge in [-0.25, -0.2) is 4.79 Å². The minimum atomic E-state index is -0.434. The highest BCUT2D eigenvalue weighted by molar-refractivity contribution is 6.07. The quantitative estimate of drug-likeness (QED) is 0.812. The number of benzene rings is 2. The predicted octanol–water partition coefficient (Wildman–Crippen LogP) is 3.18. The van der Waals surface area contributed by atoms with Gasteiger partial charge in [0.15, 0.2) is 5.75 Å². The Kier molecular flexibility index (Phi) is 3.31. The molecule has 0 aromatic heterocycles. The number of carbonyl (C=O) groups excluding carboxylic acids is 2. The first-order chi connectivity index (χ1) is 10.2. The Morgan fingerprint density at radius 1 is 1.00 bits per heavy atom. The van der Waals surface area contributed by atoms with Crippen LogP contribution >= 0.6 is 0 Å². The normalized spacial score (nSPS) is 13.7. The van der Waals surface area contributed by atoms with Crippen molar-refractivity contribution >= 4 is 17.5 Å². The second-order valence-corrected chi connectivity index (χ2v) is 4.47. The highest BCUT2D eigenvalue weighted by Crippen LogP contribution is 2.30. The number of hydrogen-bond acceptors (Lipinski definition) is 3. The van der Waals surface area contributed by atoms with E-state index in [9.17, 15) is 9.59 Å². The fourth-order valence-electron chi connectivity index (χ4n) is 2.23. The topological polar surface area (TPSA) is 58.7 Å². The van der Waals surface area contributed by atoms with Gasteiger partial charge in [0, 0.05) is 10.8 Å². The fourth-order valence-corrected chi connectivity index (χ4v) is 2.23. The fraction of sp³-hybridized carbons (Fsp3) is 0.125. The van der Waals surface area contributed by atoms with Crippen LogP contribution in [0.1, 0.15) is 27.6 Å². The molecule has 0 saturated heterocycles. The smallest absolute Gasteiger partial charge is 0.451 e. The van der Waals surface area contributed by atoms with Crippen molar-refractivity contribution in [1.82, 2.24) is 0 Å². The maximum absolute atomic E-state index is 12.5. The minimum absolute atomic E-state index is 0.327. The van der Waals surface area contributed by atoms with Crippen LogP contribution < -0.4 is 4.74 Å². The molecule has 21 heavy (non-hydrogen) atoms. The second kappa shape index (κ2) is 5.28. The van der Waals surface area contributed by atoms with Crippen molar-refractivity contribution in [3.8, 4) is 5.75 Å². The van der Waals surface area contributed by atoms with Crippen LogP contribution in [-0.2, 0) is 0 Å². The van der Waals surface area contributed by atoms with Gasteiger partial charge >= 0.3 is 11.8 Å². The summed E-state index contributed by atoms with van der Waals surface area (Å²) in [5.74, 6) is -0.252. The van der Waals surface area contributed by atoms with Crippen LogP contribution in [0.4, 0.5) is 5.69 Å². The zero-order valence-corrected chi connectivity index (χ0v) is 11.4. The predicted molar refractivity (Wildman–Crippen MR) is 75.1 cm³/mol. The Balaban J connectivity index is 2.13. The summed E-state index contributed by atoms with van der Waals surface area (Å²) < 4.78 is 6.60. The Bertz CT molecular complexity index is 766. The van der Waals surface area contributed by atoms with Gasteiger partial charge in [-0.1, -0.05) is 24.3 Å². The van der Waals surface area contributed by atoms with Crippen LogP contribution in [0.2, 0.25) is 0 Å². The second-order valence-electron chi connectivity index (χ2n) is 4.47. The van der Waals surface area contributed by atoms with Crippen LogP contribution in [0.25, 0.3) is 0 Å². The van der Waals surface area contributed by atoms with E-state index in [0.29, 0.717) is 29.2 Å². The number of fused-ring (bicyclic) bond motifs is 1. The monoisotopic (exact) mass is 281 g/mol. The molecule has 1 aliphatic rings. The highest BCUT2D eigenvalue weighted by atomic mass is 16.5. The van der Waals surface area contributed by atoms with Crippen LogP contribution in [0.5, 0.6) is 5.75 Å². The molecule has 0 unspecified atom stereocenters. The molecule has 0 N–H and O–H groups in total. The van der Waals surface area contributed by atoms with Gasteiger partial charge in [-0.2, -0.15) is 0 Å². The molecule has 2 aromatic rings. The third kappa shape index (κ3) is 2.23. The van der Waals surface area contributed by atoms with Crippen LogP contribution in [0, 0.1) is 0 Å². The van der Waals surface area contributed by atoms with Crippen molar-refractivity contribution in [3.63, 3.8) is 0 Å². The third-order valence-corrected chi connectivity index (χ3v) is 3.16. The van der Waals surface area contributed by atoms with Gasteiger partial charge in [0.25, 0.3) is 5.69 Å². The Labute approximate surface area is 121 Å². The molecule has 0 saturated carbocycles. The average Bonchev–Trinajstić information content (AvgIpc) is 2.52. The van der Waals surface area contributed by atoms with E-state index in [0.717, 1.165) is 4.70 Å². The first-order valence-electron chi connectivity index (χ1n) is 6.63. The summed E-state index contributed by atoms with van der Waals surface area (Å²) in [6, 6.07) is 13.7. The highest BCUT2D eigenvalue weighted by Gasteiger charge is 2.37. The standard InChI is InChI=1S/C16H13N2O3/c1-2-21-14-10-6-5-9-13(14)18-16(20)12-8-4-3-7-11(12)15(19)17-18/h3-10H,2H2,1H3/q+1. The van der Waals surface area contributed by atoms with Gasteiger partial charge in [-0.3, -0.25) is 4.79 Å². The summed E-state index contributed by atoms with van der Waals surface area (Å²) in [5.41, 5.74) is 1.14. The Morgan fingerprint density at radius 3 is 2.43 bits per heavy atom. The van der Waals surface area contributed by atoms with E-state index in [1.54, 1.807) is 48.5 Å². The van der Waals surface area contributed by atoms with Crippen LogP contribution in [0.15, 0.2) is 53.6 Å². The minimum Gasteiger partial charge on any atom is -0.487 e. The molecule has 0 radical (unpaired) electrons. The van der Waals surface area contributed by atoms with E-state index < -0.39 is 5.91 Å². The van der Waals surface area contributed by atoms with Gasteiger partial charge < -0.3 is 4.74 Å². The van der Waals surface area contributed by atoms with E-state index in [1.807, 2.05) is 6.92 Å². The number of carbonyl (C=O) groups is 2. The van der Waals surface area contributed by atoms with E-state index in [1.165, 1.54) is 0 Å². The summed E-state index contributed by atoms with van der Waals surface area (Å²) in [7, 11) is 0. The Morgan fingerprint density at radius 2 is 1.67 bits per heavy atom. The zero-order chi connectivity index (χ0) is 14.8. The first-order valence-corrected chi connectivity index (χ1v) is 6.63. The van der Waals surface area contributed by atoms with Crippen molar-refractivity contribution in [2.24, 2.45) is 5.11 Å². The number of rotatable bonds is 3. The molecular formula is C16H13N2O3+. The average molecular weight is 281 g/mol. The summed E-state index contributed by atoms with van der Waals surface area (Å²) in [4.78, 5) is 24.6. The molecule has 1 aliphatic heterocycles. The largest absolute Gasteiger partial charge is 0.487 e. The number of azo groups is 2. The summed E-state index contributed by atoms with van der Waals surface area (Å²) in [6.07, 6.45) is 0. The maximum Gasteiger partial charge on any atom is 0.451 e. The summed E-state index contributed by atoms with van der Waals surface area (Å²) >= 11 is 0. The molecule has 0 spiro atoms. The van der Waals surface area contributed by atoms with Crippen LogP contribution in [-0.4, -0.2) is 23.1 Å². The summed E-state index contributed by atoms with van der Waals surface area (Å²) in [5, 5.41) is 3.88. The number of amides is 2. The molecule has 0 fully saturated rings. The molecule has 104 valence electrons. The van der Waals surface area contributed by atoms with Crippen molar-refractivity contribution in [2.75, 3.05) is 6.61 Å². The lowest BCUT2D eigenvalue weighted by atomic mass is 10.0. The zero-order valence-electron chi connectivity index (χ0n) is 11.4. The molecule has 0 bridgehead atoms. The van der Waals surface area contributed by atoms with Gasteiger partial charge in [-0.05, 0) is 25.1 Å². The number of para-hydroxylation sites is 2. The molecular weight excluding hydrogens is 268 g/mol. The third-order valence-electron chi connectivity index (χ3n) is 3.16. The van der Waals surface area contributed by atoms with Gasteiger partial charge in [-0.15, -0.1) is 0 Å². The molecule has 2 aromatic carbocycles. The molecule has 5 heteroatoms. The van der Waals surface area contributed by atoms with E-state index in [4.69, 9.17) is 4.74 Å². The van der Waals surface area contributed by atoms with Crippen molar-refractivity contribution in [1.29, 1.82) is 0 Å². The van der Waals surface area contributed by atoms with Crippen molar-refractivity contribution in [3.05, 3.63) is 59.7 Å². The molecule has 0 aliphatic carbocycles. The summed E-state index contributed by atoms with van der Waals surface area (Å²) in [6.45, 7) is 2.32. The van der Waals surface area contributed by atoms with E-state index in [2.05, 4.69) is 5.11 Å². The first kappa shape index (κ1) is 13.2. The van der Waals surface area contributed by atoms with E-state index >= 15 is 0 Å². The lowest BCUT2D eigenvalue weighted by Gasteiger charge is -2.09. The lowest BCUT2D eigenvalue weighted by molar-refractivity contribution is -0.408. The molecule has 0 atom stereocenters. The van der Waals surface area contributed by atoms with E-state index in [-0.39, 0.29) is 5.91 Å². The maximum atomic E-state index is 12.5. The SMILES string of the molecule is CCOc1ccccc1[N+]1=NC(=O)c2ccccc2C1=O. The number of hydrogen-bond donors (Lipinski definition) is 0. The van der Waals surface area contributed by atoms with Crippen molar-refractivity contribution < 1.29 is 19.0 Å². The molecule has 5 nitrogen and oxygen atoms in total. The van der Waals surface area contributed by atoms with Crippen LogP contribution in [0.3, 0.4) is 0 Å². The van der Waals surface area contributed by atoms with Gasteiger partial charge in [0.05, 0.1) is 17.3 Å². The number of ether oxygens (including phenoxy) is 1. The molecule has 1 heterocycles. The van der Waals surface area contributed by atoms with Crippen molar-refractivity contribution in [2.45, 2.75) is 6.92 Å². The van der Waals surface area contributed by atoms with Gasteiger partial charge in [0.1, 0.15) is 5.56 Å². The molecule has 2 amide bonds. The molecule has 3 rings (SSSR count). The Hall–Kier alpha value is -2.82. The lowest BCUT2D eigenvalue weighted by Crippen LogP contribution is -2.24. The number of nitrogens with zero attached hydrogens (tertiary/aromatic N) is 2.